The van der Waals surface area contributed by atoms with Crippen molar-refractivity contribution in [2.24, 2.45) is 16.5 Å². The molecule has 1 aromatic carbocycles. The van der Waals surface area contributed by atoms with Crippen LogP contribution in [0.25, 0.3) is 0 Å². The first-order chi connectivity index (χ1) is 15.4. The van der Waals surface area contributed by atoms with Crippen LogP contribution in [0.15, 0.2) is 35.5 Å². The van der Waals surface area contributed by atoms with Crippen LogP contribution in [0.1, 0.15) is 57.9 Å². The van der Waals surface area contributed by atoms with Gasteiger partial charge in [-0.2, -0.15) is 0 Å². The molecule has 0 unspecified atom stereocenters. The summed E-state index contributed by atoms with van der Waals surface area (Å²) in [4.78, 5) is 35.9. The molecule has 0 aromatic heterocycles. The van der Waals surface area contributed by atoms with Gasteiger partial charge in [0, 0.05) is 44.9 Å². The van der Waals surface area contributed by atoms with E-state index in [1.165, 1.54) is 0 Å². The fourth-order valence-electron chi connectivity index (χ4n) is 5.20. The third kappa shape index (κ3) is 4.82. The standard InChI is InChI=1S/C25H35N3O4/c1-18(2)23(30)27-14-10-25(11-15-27,24(31)28-12-8-20(29)9-13-28)17-21-16-22(26-32-21)19-6-4-3-5-7-19/h3-7,18,20-21,29H,8-17H2,1-2H3/t21-/m0/s1. The average Bonchev–Trinajstić information content (AvgIpc) is 3.28. The van der Waals surface area contributed by atoms with E-state index in [0.29, 0.717) is 64.7 Å². The molecule has 3 aliphatic heterocycles. The first-order valence-corrected chi connectivity index (χ1v) is 11.9. The Bertz CT molecular complexity index is 838. The molecule has 2 saturated heterocycles. The Morgan fingerprint density at radius 2 is 1.75 bits per heavy atom. The van der Waals surface area contributed by atoms with Crippen molar-refractivity contribution in [3.63, 3.8) is 0 Å². The third-order valence-corrected chi connectivity index (χ3v) is 7.19. The van der Waals surface area contributed by atoms with Crippen molar-refractivity contribution in [2.45, 2.75) is 64.6 Å². The first kappa shape index (κ1) is 22.8. The van der Waals surface area contributed by atoms with Crippen LogP contribution >= 0.6 is 0 Å². The number of nitrogens with zero attached hydrogens (tertiary/aromatic N) is 3. The third-order valence-electron chi connectivity index (χ3n) is 7.19. The molecule has 3 aliphatic rings. The molecule has 2 amide bonds. The van der Waals surface area contributed by atoms with Crippen LogP contribution in [0.5, 0.6) is 0 Å². The van der Waals surface area contributed by atoms with Gasteiger partial charge in [0.15, 0.2) is 0 Å². The molecule has 174 valence electrons. The van der Waals surface area contributed by atoms with Crippen molar-refractivity contribution in [1.82, 2.24) is 9.80 Å². The largest absolute Gasteiger partial charge is 0.393 e. The van der Waals surface area contributed by atoms with Gasteiger partial charge in [-0.3, -0.25) is 9.59 Å². The van der Waals surface area contributed by atoms with Crippen molar-refractivity contribution < 1.29 is 19.5 Å². The summed E-state index contributed by atoms with van der Waals surface area (Å²) >= 11 is 0. The Morgan fingerprint density at radius 3 is 2.38 bits per heavy atom. The van der Waals surface area contributed by atoms with Crippen molar-refractivity contribution in [3.8, 4) is 0 Å². The van der Waals surface area contributed by atoms with Gasteiger partial charge in [0.1, 0.15) is 6.10 Å². The van der Waals surface area contributed by atoms with Gasteiger partial charge >= 0.3 is 0 Å². The highest BCUT2D eigenvalue weighted by molar-refractivity contribution is 6.01. The van der Waals surface area contributed by atoms with E-state index in [1.54, 1.807) is 0 Å². The van der Waals surface area contributed by atoms with Crippen LogP contribution in [0.2, 0.25) is 0 Å². The van der Waals surface area contributed by atoms with Crippen LogP contribution in [0.3, 0.4) is 0 Å². The average molecular weight is 442 g/mol. The molecule has 7 heteroatoms. The van der Waals surface area contributed by atoms with E-state index >= 15 is 0 Å². The fourth-order valence-corrected chi connectivity index (χ4v) is 5.20. The summed E-state index contributed by atoms with van der Waals surface area (Å²) in [7, 11) is 0. The zero-order chi connectivity index (χ0) is 22.7. The summed E-state index contributed by atoms with van der Waals surface area (Å²) in [5.74, 6) is 0.263. The van der Waals surface area contributed by atoms with E-state index in [1.807, 2.05) is 54.0 Å². The molecule has 7 nitrogen and oxygen atoms in total. The summed E-state index contributed by atoms with van der Waals surface area (Å²) in [6, 6.07) is 10.0. The van der Waals surface area contributed by atoms with Gasteiger partial charge in [0.05, 0.1) is 17.2 Å². The maximum absolute atomic E-state index is 13.8. The predicted octanol–water partition coefficient (Wildman–Crippen LogP) is 2.82. The molecule has 4 rings (SSSR count). The number of aliphatic hydroxyl groups is 1. The quantitative estimate of drug-likeness (QED) is 0.762. The van der Waals surface area contributed by atoms with Gasteiger partial charge in [-0.05, 0) is 31.2 Å². The molecule has 0 aliphatic carbocycles. The van der Waals surface area contributed by atoms with Gasteiger partial charge in [-0.1, -0.05) is 49.3 Å². The topological polar surface area (TPSA) is 82.4 Å². The van der Waals surface area contributed by atoms with Crippen molar-refractivity contribution in [1.29, 1.82) is 0 Å². The summed E-state index contributed by atoms with van der Waals surface area (Å²) in [6.07, 6.45) is 3.37. The normalized spacial score (nSPS) is 23.8. The number of carbonyl (C=O) groups excluding carboxylic acids is 2. The summed E-state index contributed by atoms with van der Waals surface area (Å²) < 4.78 is 0. The Hall–Kier alpha value is -2.41. The van der Waals surface area contributed by atoms with E-state index in [4.69, 9.17) is 4.84 Å². The van der Waals surface area contributed by atoms with E-state index in [-0.39, 0.29) is 29.9 Å². The van der Waals surface area contributed by atoms with Crippen molar-refractivity contribution in [3.05, 3.63) is 35.9 Å². The second-order valence-corrected chi connectivity index (χ2v) is 9.82. The second-order valence-electron chi connectivity index (χ2n) is 9.82. The lowest BCUT2D eigenvalue weighted by atomic mass is 9.72. The molecule has 0 bridgehead atoms. The number of hydrogen-bond acceptors (Lipinski definition) is 5. The first-order valence-electron chi connectivity index (χ1n) is 11.9. The molecule has 32 heavy (non-hydrogen) atoms. The minimum absolute atomic E-state index is 0.0400. The highest BCUT2D eigenvalue weighted by Crippen LogP contribution is 2.41. The predicted molar refractivity (Wildman–Crippen MR) is 122 cm³/mol. The number of likely N-dealkylation sites (tertiary alicyclic amines) is 2. The lowest BCUT2D eigenvalue weighted by Gasteiger charge is -2.45. The smallest absolute Gasteiger partial charge is 0.229 e. The highest BCUT2D eigenvalue weighted by Gasteiger charge is 2.47. The zero-order valence-corrected chi connectivity index (χ0v) is 19.2. The van der Waals surface area contributed by atoms with Crippen LogP contribution in [0.4, 0.5) is 0 Å². The molecule has 0 radical (unpaired) electrons. The van der Waals surface area contributed by atoms with E-state index < -0.39 is 5.41 Å². The van der Waals surface area contributed by atoms with E-state index in [0.717, 1.165) is 11.3 Å². The van der Waals surface area contributed by atoms with Gasteiger partial charge in [0.2, 0.25) is 11.8 Å². The van der Waals surface area contributed by atoms with Crippen LogP contribution in [-0.2, 0) is 14.4 Å². The van der Waals surface area contributed by atoms with Gasteiger partial charge in [-0.25, -0.2) is 0 Å². The molecule has 1 atom stereocenters. The molecule has 0 spiro atoms. The molecule has 2 fully saturated rings. The number of benzene rings is 1. The number of amides is 2. The SMILES string of the molecule is CC(C)C(=O)N1CCC(C[C@@H]2CC(c3ccccc3)=NO2)(C(=O)N2CCC(O)CC2)CC1. The minimum Gasteiger partial charge on any atom is -0.393 e. The molecule has 1 aromatic rings. The monoisotopic (exact) mass is 441 g/mol. The molecular weight excluding hydrogens is 406 g/mol. The lowest BCUT2D eigenvalue weighted by molar-refractivity contribution is -0.153. The Balaban J connectivity index is 1.47. The summed E-state index contributed by atoms with van der Waals surface area (Å²) in [5, 5.41) is 14.2. The number of oxime groups is 1. The lowest BCUT2D eigenvalue weighted by Crippen LogP contribution is -2.54. The minimum atomic E-state index is -0.553. The van der Waals surface area contributed by atoms with Crippen LogP contribution in [-0.4, -0.2) is 70.8 Å². The number of carbonyl (C=O) groups is 2. The van der Waals surface area contributed by atoms with Crippen LogP contribution < -0.4 is 0 Å². The Kier molecular flexibility index (Phi) is 6.84. The maximum atomic E-state index is 13.8. The number of piperidine rings is 2. The Morgan fingerprint density at radius 1 is 1.09 bits per heavy atom. The van der Waals surface area contributed by atoms with Gasteiger partial charge in [-0.15, -0.1) is 0 Å². The van der Waals surface area contributed by atoms with E-state index in [9.17, 15) is 14.7 Å². The van der Waals surface area contributed by atoms with E-state index in [2.05, 4.69) is 5.16 Å². The van der Waals surface area contributed by atoms with Crippen molar-refractivity contribution >= 4 is 17.5 Å². The van der Waals surface area contributed by atoms with Crippen molar-refractivity contribution in [2.75, 3.05) is 26.2 Å². The summed E-state index contributed by atoms with van der Waals surface area (Å²) in [6.45, 7) is 6.21. The second kappa shape index (κ2) is 9.61. The molecule has 0 saturated carbocycles. The maximum Gasteiger partial charge on any atom is 0.229 e. The highest BCUT2D eigenvalue weighted by atomic mass is 16.6. The zero-order valence-electron chi connectivity index (χ0n) is 19.2. The number of aliphatic hydroxyl groups excluding tert-OH is 1. The fraction of sp³-hybridized carbons (Fsp3) is 0.640. The summed E-state index contributed by atoms with van der Waals surface area (Å²) in [5.41, 5.74) is 1.42. The molecule has 3 heterocycles. The number of rotatable bonds is 5. The number of hydrogen-bond donors (Lipinski definition) is 1. The Labute approximate surface area is 190 Å². The molecular formula is C25H35N3O4. The van der Waals surface area contributed by atoms with Gasteiger partial charge < -0.3 is 19.7 Å². The molecule has 1 N–H and O–H groups in total. The van der Waals surface area contributed by atoms with Crippen LogP contribution in [0, 0.1) is 11.3 Å². The van der Waals surface area contributed by atoms with Gasteiger partial charge in [0.25, 0.3) is 0 Å².